The van der Waals surface area contributed by atoms with Crippen LogP contribution >= 0.6 is 11.8 Å². The van der Waals surface area contributed by atoms with E-state index in [4.69, 9.17) is 4.98 Å². The van der Waals surface area contributed by atoms with Gasteiger partial charge in [0, 0.05) is 27.5 Å². The summed E-state index contributed by atoms with van der Waals surface area (Å²) in [5.41, 5.74) is 2.15. The molecule has 160 valence electrons. The molecule has 5 rings (SSSR count). The summed E-state index contributed by atoms with van der Waals surface area (Å²) in [5.74, 6) is 0.579. The molecule has 0 aliphatic rings. The quantitative estimate of drug-likeness (QED) is 0.238. The lowest BCUT2D eigenvalue weighted by molar-refractivity contribution is -0.384. The van der Waals surface area contributed by atoms with Crippen molar-refractivity contribution >= 4 is 28.4 Å². The predicted octanol–water partition coefficient (Wildman–Crippen LogP) is 6.11. The third kappa shape index (κ3) is 4.14. The maximum absolute atomic E-state index is 13.4. The van der Waals surface area contributed by atoms with Gasteiger partial charge in [-0.05, 0) is 48.5 Å². The summed E-state index contributed by atoms with van der Waals surface area (Å²) in [5, 5.41) is 11.4. The average molecular weight is 452 g/mol. The van der Waals surface area contributed by atoms with Crippen LogP contribution in [0.2, 0.25) is 0 Å². The van der Waals surface area contributed by atoms with E-state index in [-0.39, 0.29) is 11.2 Å². The standard InChI is InChI=1S/C26H17N3O3S/c30-26-23-8-4-5-9-24(23)27-25(18-6-2-1-3-7-18)28(26)19-10-14-21(15-11-19)33-22-16-12-20(13-17-22)29(31)32/h1-17H. The van der Waals surface area contributed by atoms with Crippen molar-refractivity contribution in [2.75, 3.05) is 0 Å². The first-order valence-electron chi connectivity index (χ1n) is 10.2. The lowest BCUT2D eigenvalue weighted by atomic mass is 10.1. The molecule has 1 heterocycles. The highest BCUT2D eigenvalue weighted by Crippen LogP contribution is 2.30. The van der Waals surface area contributed by atoms with E-state index in [0.717, 1.165) is 15.4 Å². The van der Waals surface area contributed by atoms with Gasteiger partial charge in [-0.15, -0.1) is 0 Å². The van der Waals surface area contributed by atoms with Crippen LogP contribution in [-0.2, 0) is 0 Å². The van der Waals surface area contributed by atoms with Gasteiger partial charge in [0.2, 0.25) is 0 Å². The fourth-order valence-corrected chi connectivity index (χ4v) is 4.40. The predicted molar refractivity (Wildman–Crippen MR) is 130 cm³/mol. The lowest BCUT2D eigenvalue weighted by Crippen LogP contribution is -2.21. The van der Waals surface area contributed by atoms with E-state index in [1.165, 1.54) is 23.9 Å². The Labute approximate surface area is 193 Å². The monoisotopic (exact) mass is 451 g/mol. The van der Waals surface area contributed by atoms with Gasteiger partial charge in [0.1, 0.15) is 5.82 Å². The van der Waals surface area contributed by atoms with Crippen molar-refractivity contribution in [2.24, 2.45) is 0 Å². The van der Waals surface area contributed by atoms with Crippen LogP contribution in [0.5, 0.6) is 0 Å². The van der Waals surface area contributed by atoms with Gasteiger partial charge in [0.25, 0.3) is 11.2 Å². The van der Waals surface area contributed by atoms with E-state index in [1.807, 2.05) is 72.8 Å². The van der Waals surface area contributed by atoms with Crippen molar-refractivity contribution in [3.05, 3.63) is 124 Å². The maximum Gasteiger partial charge on any atom is 0.269 e. The van der Waals surface area contributed by atoms with Gasteiger partial charge in [-0.2, -0.15) is 0 Å². The SMILES string of the molecule is O=c1c2ccccc2nc(-c2ccccc2)n1-c1ccc(Sc2ccc([N+](=O)[O-])cc2)cc1. The number of rotatable bonds is 5. The zero-order chi connectivity index (χ0) is 22.8. The van der Waals surface area contributed by atoms with Gasteiger partial charge in [0.05, 0.1) is 21.5 Å². The molecular formula is C26H17N3O3S. The normalized spacial score (nSPS) is 10.9. The first-order chi connectivity index (χ1) is 16.1. The Balaban J connectivity index is 1.55. The first-order valence-corrected chi connectivity index (χ1v) is 11.0. The maximum atomic E-state index is 13.4. The van der Waals surface area contributed by atoms with Crippen molar-refractivity contribution in [1.29, 1.82) is 0 Å². The minimum absolute atomic E-state index is 0.0614. The summed E-state index contributed by atoms with van der Waals surface area (Å²) in [6.07, 6.45) is 0. The number of hydrogen-bond acceptors (Lipinski definition) is 5. The zero-order valence-electron chi connectivity index (χ0n) is 17.3. The van der Waals surface area contributed by atoms with Gasteiger partial charge in [-0.1, -0.05) is 54.2 Å². The summed E-state index contributed by atoms with van der Waals surface area (Å²) in [7, 11) is 0. The molecule has 0 amide bonds. The number of nitrogens with zero attached hydrogens (tertiary/aromatic N) is 3. The van der Waals surface area contributed by atoms with E-state index >= 15 is 0 Å². The average Bonchev–Trinajstić information content (AvgIpc) is 2.85. The molecule has 0 fully saturated rings. The second-order valence-corrected chi connectivity index (χ2v) is 8.45. The Morgan fingerprint density at radius 2 is 1.36 bits per heavy atom. The second-order valence-electron chi connectivity index (χ2n) is 7.31. The van der Waals surface area contributed by atoms with E-state index < -0.39 is 4.92 Å². The fraction of sp³-hybridized carbons (Fsp3) is 0. The minimum atomic E-state index is -0.414. The third-order valence-electron chi connectivity index (χ3n) is 5.19. The summed E-state index contributed by atoms with van der Waals surface area (Å²) in [6, 6.07) is 31.0. The van der Waals surface area contributed by atoms with E-state index in [2.05, 4.69) is 0 Å². The van der Waals surface area contributed by atoms with E-state index in [9.17, 15) is 14.9 Å². The van der Waals surface area contributed by atoms with Gasteiger partial charge >= 0.3 is 0 Å². The smallest absolute Gasteiger partial charge is 0.268 e. The van der Waals surface area contributed by atoms with Gasteiger partial charge in [-0.3, -0.25) is 19.5 Å². The molecule has 5 aromatic rings. The van der Waals surface area contributed by atoms with Gasteiger partial charge in [0.15, 0.2) is 0 Å². The van der Waals surface area contributed by atoms with Crippen molar-refractivity contribution in [3.63, 3.8) is 0 Å². The Morgan fingerprint density at radius 3 is 2.03 bits per heavy atom. The number of benzene rings is 4. The molecule has 0 saturated carbocycles. The molecule has 0 N–H and O–H groups in total. The summed E-state index contributed by atoms with van der Waals surface area (Å²) < 4.78 is 1.64. The third-order valence-corrected chi connectivity index (χ3v) is 6.20. The highest BCUT2D eigenvalue weighted by Gasteiger charge is 2.14. The Hall–Kier alpha value is -4.23. The van der Waals surface area contributed by atoms with Crippen molar-refractivity contribution in [1.82, 2.24) is 9.55 Å². The molecule has 0 unspecified atom stereocenters. The minimum Gasteiger partial charge on any atom is -0.268 e. The van der Waals surface area contributed by atoms with Crippen LogP contribution in [0.3, 0.4) is 0 Å². The summed E-state index contributed by atoms with van der Waals surface area (Å²) >= 11 is 1.49. The van der Waals surface area contributed by atoms with Gasteiger partial charge in [-0.25, -0.2) is 4.98 Å². The zero-order valence-corrected chi connectivity index (χ0v) is 18.1. The summed E-state index contributed by atoms with van der Waals surface area (Å²) in [4.78, 5) is 30.5. The molecule has 0 aliphatic carbocycles. The number of non-ortho nitro benzene ring substituents is 1. The van der Waals surface area contributed by atoms with Crippen LogP contribution in [0, 0.1) is 10.1 Å². The number of nitro groups is 1. The Bertz CT molecular complexity index is 1510. The highest BCUT2D eigenvalue weighted by molar-refractivity contribution is 7.99. The molecule has 0 saturated heterocycles. The topological polar surface area (TPSA) is 78.0 Å². The van der Waals surface area contributed by atoms with E-state index in [0.29, 0.717) is 22.4 Å². The molecule has 33 heavy (non-hydrogen) atoms. The number of nitro benzene ring substituents is 1. The first kappa shape index (κ1) is 20.7. The van der Waals surface area contributed by atoms with Crippen molar-refractivity contribution in [3.8, 4) is 17.1 Å². The molecule has 0 aliphatic heterocycles. The lowest BCUT2D eigenvalue weighted by Gasteiger charge is -2.14. The summed E-state index contributed by atoms with van der Waals surface area (Å²) in [6.45, 7) is 0. The Morgan fingerprint density at radius 1 is 0.758 bits per heavy atom. The number of fused-ring (bicyclic) bond motifs is 1. The van der Waals surface area contributed by atoms with Crippen LogP contribution in [0.4, 0.5) is 5.69 Å². The van der Waals surface area contributed by atoms with Crippen molar-refractivity contribution in [2.45, 2.75) is 9.79 Å². The number of aromatic nitrogens is 2. The van der Waals surface area contributed by atoms with Crippen LogP contribution < -0.4 is 5.56 Å². The molecular weight excluding hydrogens is 434 g/mol. The number of hydrogen-bond donors (Lipinski definition) is 0. The fourth-order valence-electron chi connectivity index (χ4n) is 3.59. The molecule has 0 spiro atoms. The van der Waals surface area contributed by atoms with Crippen LogP contribution in [0.15, 0.2) is 118 Å². The largest absolute Gasteiger partial charge is 0.269 e. The molecule has 0 bridgehead atoms. The van der Waals surface area contributed by atoms with Gasteiger partial charge < -0.3 is 0 Å². The highest BCUT2D eigenvalue weighted by atomic mass is 32.2. The number of para-hydroxylation sites is 1. The Kier molecular flexibility index (Phi) is 5.46. The molecule has 7 heteroatoms. The van der Waals surface area contributed by atoms with Crippen molar-refractivity contribution < 1.29 is 4.92 Å². The molecule has 0 atom stereocenters. The molecule has 4 aromatic carbocycles. The molecule has 1 aromatic heterocycles. The van der Waals surface area contributed by atoms with Crippen LogP contribution in [-0.4, -0.2) is 14.5 Å². The second kappa shape index (κ2) is 8.72. The molecule has 0 radical (unpaired) electrons. The molecule has 6 nitrogen and oxygen atoms in total. The van der Waals surface area contributed by atoms with Crippen LogP contribution in [0.1, 0.15) is 0 Å². The van der Waals surface area contributed by atoms with E-state index in [1.54, 1.807) is 22.8 Å². The van der Waals surface area contributed by atoms with Crippen LogP contribution in [0.25, 0.3) is 28.0 Å².